The molecule has 0 radical (unpaired) electrons. The Balaban J connectivity index is 1.73. The summed E-state index contributed by atoms with van der Waals surface area (Å²) in [6, 6.07) is 4.13. The summed E-state index contributed by atoms with van der Waals surface area (Å²) >= 11 is 0. The molecule has 1 atom stereocenters. The fourth-order valence-corrected chi connectivity index (χ4v) is 2.61. The Hall–Kier alpha value is -1.62. The molecule has 1 aliphatic carbocycles. The fraction of sp³-hybridized carbons (Fsp3) is 0.625. The number of hydrogen-bond acceptors (Lipinski definition) is 4. The van der Waals surface area contributed by atoms with Gasteiger partial charge in [0.1, 0.15) is 5.75 Å². The standard InChI is InChI=1S/C16H25N3O2/c1-12(17)9-14-7-8-15(10-18-14)21-11-16(20)19-13-5-3-2-4-6-13/h7-8,10,12-13H,2-6,9,11,17H2,1H3,(H,19,20). The monoisotopic (exact) mass is 291 g/mol. The van der Waals surface area contributed by atoms with Crippen molar-refractivity contribution in [2.75, 3.05) is 6.61 Å². The quantitative estimate of drug-likeness (QED) is 0.838. The number of carbonyl (C=O) groups is 1. The molecule has 1 saturated carbocycles. The van der Waals surface area contributed by atoms with Crippen LogP contribution in [0.2, 0.25) is 0 Å². The van der Waals surface area contributed by atoms with Crippen molar-refractivity contribution in [2.45, 2.75) is 57.5 Å². The average molecular weight is 291 g/mol. The van der Waals surface area contributed by atoms with Crippen LogP contribution in [0.4, 0.5) is 0 Å². The van der Waals surface area contributed by atoms with E-state index in [1.54, 1.807) is 6.20 Å². The summed E-state index contributed by atoms with van der Waals surface area (Å²) < 4.78 is 5.46. The molecule has 0 saturated heterocycles. The SMILES string of the molecule is CC(N)Cc1ccc(OCC(=O)NC2CCCCC2)cn1. The lowest BCUT2D eigenvalue weighted by Crippen LogP contribution is -2.38. The summed E-state index contributed by atoms with van der Waals surface area (Å²) in [6.07, 6.45) is 8.24. The number of amides is 1. The summed E-state index contributed by atoms with van der Waals surface area (Å²) in [5.41, 5.74) is 6.66. The van der Waals surface area contributed by atoms with Crippen LogP contribution in [0.3, 0.4) is 0 Å². The second-order valence-corrected chi connectivity index (χ2v) is 5.86. The molecule has 2 rings (SSSR count). The molecule has 0 aromatic carbocycles. The number of pyridine rings is 1. The lowest BCUT2D eigenvalue weighted by Gasteiger charge is -2.22. The Bertz CT molecular complexity index is 439. The molecule has 0 spiro atoms. The maximum Gasteiger partial charge on any atom is 0.258 e. The second kappa shape index (κ2) is 7.98. The molecule has 1 aromatic rings. The van der Waals surface area contributed by atoms with Crippen LogP contribution in [-0.4, -0.2) is 29.6 Å². The Morgan fingerprint density at radius 1 is 1.43 bits per heavy atom. The molecule has 5 heteroatoms. The Morgan fingerprint density at radius 3 is 2.81 bits per heavy atom. The van der Waals surface area contributed by atoms with E-state index in [9.17, 15) is 4.79 Å². The van der Waals surface area contributed by atoms with Gasteiger partial charge in [0.05, 0.1) is 6.20 Å². The van der Waals surface area contributed by atoms with Gasteiger partial charge in [-0.2, -0.15) is 0 Å². The van der Waals surface area contributed by atoms with E-state index in [4.69, 9.17) is 10.5 Å². The maximum atomic E-state index is 11.8. The first kappa shape index (κ1) is 15.8. The third-order valence-corrected chi connectivity index (χ3v) is 3.67. The van der Waals surface area contributed by atoms with E-state index in [0.717, 1.165) is 25.0 Å². The fourth-order valence-electron chi connectivity index (χ4n) is 2.61. The van der Waals surface area contributed by atoms with Crippen molar-refractivity contribution in [3.05, 3.63) is 24.0 Å². The molecule has 1 heterocycles. The van der Waals surface area contributed by atoms with Crippen molar-refractivity contribution < 1.29 is 9.53 Å². The van der Waals surface area contributed by atoms with Crippen LogP contribution in [-0.2, 0) is 11.2 Å². The van der Waals surface area contributed by atoms with E-state index in [2.05, 4.69) is 10.3 Å². The van der Waals surface area contributed by atoms with Crippen LogP contribution >= 0.6 is 0 Å². The maximum absolute atomic E-state index is 11.8. The van der Waals surface area contributed by atoms with Gasteiger partial charge >= 0.3 is 0 Å². The summed E-state index contributed by atoms with van der Waals surface area (Å²) in [7, 11) is 0. The van der Waals surface area contributed by atoms with Crippen LogP contribution in [0.1, 0.15) is 44.7 Å². The van der Waals surface area contributed by atoms with E-state index in [1.807, 2.05) is 19.1 Å². The zero-order chi connectivity index (χ0) is 15.1. The minimum Gasteiger partial charge on any atom is -0.482 e. The Kier molecular flexibility index (Phi) is 5.99. The third-order valence-electron chi connectivity index (χ3n) is 3.67. The van der Waals surface area contributed by atoms with E-state index < -0.39 is 0 Å². The van der Waals surface area contributed by atoms with Crippen LogP contribution in [0.25, 0.3) is 0 Å². The van der Waals surface area contributed by atoms with Crippen molar-refractivity contribution >= 4 is 5.91 Å². The summed E-state index contributed by atoms with van der Waals surface area (Å²) in [5, 5.41) is 3.03. The highest BCUT2D eigenvalue weighted by Gasteiger charge is 2.15. The number of nitrogens with two attached hydrogens (primary N) is 1. The van der Waals surface area contributed by atoms with Crippen molar-refractivity contribution in [3.63, 3.8) is 0 Å². The minimum absolute atomic E-state index is 0.0464. The number of hydrogen-bond donors (Lipinski definition) is 2. The molecule has 1 fully saturated rings. The highest BCUT2D eigenvalue weighted by molar-refractivity contribution is 5.77. The lowest BCUT2D eigenvalue weighted by molar-refractivity contribution is -0.124. The number of rotatable bonds is 6. The predicted octanol–water partition coefficient (Wildman–Crippen LogP) is 1.80. The second-order valence-electron chi connectivity index (χ2n) is 5.86. The first-order valence-electron chi connectivity index (χ1n) is 7.76. The summed E-state index contributed by atoms with van der Waals surface area (Å²) in [6.45, 7) is 1.99. The van der Waals surface area contributed by atoms with E-state index in [0.29, 0.717) is 11.8 Å². The number of nitrogens with one attached hydrogen (secondary N) is 1. The molecule has 5 nitrogen and oxygen atoms in total. The van der Waals surface area contributed by atoms with Gasteiger partial charge < -0.3 is 15.8 Å². The average Bonchev–Trinajstić information content (AvgIpc) is 2.47. The van der Waals surface area contributed by atoms with Crippen LogP contribution in [0.15, 0.2) is 18.3 Å². The van der Waals surface area contributed by atoms with Gasteiger partial charge in [0, 0.05) is 24.2 Å². The van der Waals surface area contributed by atoms with Gasteiger partial charge in [-0.25, -0.2) is 0 Å². The molecule has 116 valence electrons. The van der Waals surface area contributed by atoms with Gasteiger partial charge in [-0.3, -0.25) is 9.78 Å². The number of nitrogens with zero attached hydrogens (tertiary/aromatic N) is 1. The highest BCUT2D eigenvalue weighted by atomic mass is 16.5. The van der Waals surface area contributed by atoms with Crippen molar-refractivity contribution in [3.8, 4) is 5.75 Å². The smallest absolute Gasteiger partial charge is 0.258 e. The predicted molar refractivity (Wildman–Crippen MR) is 82.1 cm³/mol. The van der Waals surface area contributed by atoms with Crippen LogP contribution < -0.4 is 15.8 Å². The van der Waals surface area contributed by atoms with Gasteiger partial charge in [0.15, 0.2) is 6.61 Å². The van der Waals surface area contributed by atoms with Crippen molar-refractivity contribution in [2.24, 2.45) is 5.73 Å². The molecule has 21 heavy (non-hydrogen) atoms. The first-order chi connectivity index (χ1) is 10.1. The van der Waals surface area contributed by atoms with E-state index in [1.165, 1.54) is 19.3 Å². The van der Waals surface area contributed by atoms with E-state index in [-0.39, 0.29) is 18.6 Å². The van der Waals surface area contributed by atoms with Gasteiger partial charge in [0.2, 0.25) is 0 Å². The van der Waals surface area contributed by atoms with Gasteiger partial charge in [-0.15, -0.1) is 0 Å². The van der Waals surface area contributed by atoms with Crippen LogP contribution in [0, 0.1) is 0 Å². The summed E-state index contributed by atoms with van der Waals surface area (Å²) in [5.74, 6) is 0.559. The molecule has 3 N–H and O–H groups in total. The Labute approximate surface area is 126 Å². The zero-order valence-corrected chi connectivity index (χ0v) is 12.7. The van der Waals surface area contributed by atoms with Crippen molar-refractivity contribution in [1.82, 2.24) is 10.3 Å². The minimum atomic E-state index is -0.0541. The normalized spacial score (nSPS) is 17.2. The number of ether oxygens (including phenoxy) is 1. The molecule has 1 amide bonds. The lowest BCUT2D eigenvalue weighted by atomic mass is 9.95. The molecular formula is C16H25N3O2. The van der Waals surface area contributed by atoms with Crippen LogP contribution in [0.5, 0.6) is 5.75 Å². The summed E-state index contributed by atoms with van der Waals surface area (Å²) in [4.78, 5) is 16.1. The zero-order valence-electron chi connectivity index (χ0n) is 12.7. The van der Waals surface area contributed by atoms with Crippen molar-refractivity contribution in [1.29, 1.82) is 0 Å². The molecule has 0 bridgehead atoms. The molecular weight excluding hydrogens is 266 g/mol. The molecule has 1 aromatic heterocycles. The molecule has 0 aliphatic heterocycles. The number of carbonyl (C=O) groups excluding carboxylic acids is 1. The molecule has 1 aliphatic rings. The van der Waals surface area contributed by atoms with Gasteiger partial charge in [0.25, 0.3) is 5.91 Å². The van der Waals surface area contributed by atoms with E-state index >= 15 is 0 Å². The third kappa shape index (κ3) is 5.71. The van der Waals surface area contributed by atoms with Gasteiger partial charge in [-0.05, 0) is 31.9 Å². The number of aromatic nitrogens is 1. The Morgan fingerprint density at radius 2 is 2.19 bits per heavy atom. The molecule has 1 unspecified atom stereocenters. The largest absolute Gasteiger partial charge is 0.482 e. The first-order valence-corrected chi connectivity index (χ1v) is 7.76. The van der Waals surface area contributed by atoms with Gasteiger partial charge in [-0.1, -0.05) is 19.3 Å². The highest BCUT2D eigenvalue weighted by Crippen LogP contribution is 2.17. The topological polar surface area (TPSA) is 77.2 Å².